The van der Waals surface area contributed by atoms with Gasteiger partial charge in [-0.3, -0.25) is 0 Å². The average Bonchev–Trinajstić information content (AvgIpc) is 3.21. The van der Waals surface area contributed by atoms with E-state index in [0.29, 0.717) is 6.10 Å². The third kappa shape index (κ3) is 2.93. The Balaban J connectivity index is 1.77. The van der Waals surface area contributed by atoms with Crippen LogP contribution in [0.3, 0.4) is 0 Å². The molecule has 1 saturated heterocycles. The van der Waals surface area contributed by atoms with Gasteiger partial charge in [0.1, 0.15) is 0 Å². The lowest BCUT2D eigenvalue weighted by atomic mass is 10.2. The normalized spacial score (nSPS) is 23.9. The van der Waals surface area contributed by atoms with E-state index in [0.717, 1.165) is 38.6 Å². The molecule has 1 aromatic heterocycles. The standard InChI is InChI=1S/C14H23N3OS/c1-3-11-9-17(6-7-18-11)14-16-13(10-4-5-10)12(19-14)8-15-2/h10-11,15H,3-9H2,1-2H3. The van der Waals surface area contributed by atoms with Gasteiger partial charge in [-0.25, -0.2) is 4.98 Å². The number of anilines is 1. The van der Waals surface area contributed by atoms with Crippen LogP contribution in [0.2, 0.25) is 0 Å². The summed E-state index contributed by atoms with van der Waals surface area (Å²) in [5, 5.41) is 4.47. The molecule has 0 bridgehead atoms. The van der Waals surface area contributed by atoms with E-state index in [2.05, 4.69) is 17.1 Å². The number of thiazole rings is 1. The lowest BCUT2D eigenvalue weighted by Gasteiger charge is -2.32. The fourth-order valence-electron chi connectivity index (χ4n) is 2.59. The maximum atomic E-state index is 5.75. The summed E-state index contributed by atoms with van der Waals surface area (Å²) in [6.07, 6.45) is 4.09. The minimum atomic E-state index is 0.370. The fourth-order valence-corrected chi connectivity index (χ4v) is 3.78. The van der Waals surface area contributed by atoms with Crippen molar-refractivity contribution in [2.75, 3.05) is 31.6 Å². The molecule has 1 N–H and O–H groups in total. The van der Waals surface area contributed by atoms with Crippen LogP contribution in [-0.2, 0) is 11.3 Å². The van der Waals surface area contributed by atoms with Gasteiger partial charge in [0.2, 0.25) is 0 Å². The first-order valence-electron chi connectivity index (χ1n) is 7.32. The molecule has 5 heteroatoms. The molecule has 1 aliphatic carbocycles. The molecule has 1 aliphatic heterocycles. The van der Waals surface area contributed by atoms with E-state index in [1.54, 1.807) is 0 Å². The van der Waals surface area contributed by atoms with Crippen molar-refractivity contribution in [2.45, 2.75) is 44.8 Å². The van der Waals surface area contributed by atoms with Gasteiger partial charge < -0.3 is 15.0 Å². The monoisotopic (exact) mass is 281 g/mol. The van der Waals surface area contributed by atoms with E-state index in [1.165, 1.54) is 28.5 Å². The van der Waals surface area contributed by atoms with Crippen molar-refractivity contribution < 1.29 is 4.74 Å². The highest BCUT2D eigenvalue weighted by Crippen LogP contribution is 2.44. The number of hydrogen-bond acceptors (Lipinski definition) is 5. The Morgan fingerprint density at radius 2 is 2.32 bits per heavy atom. The van der Waals surface area contributed by atoms with Crippen molar-refractivity contribution in [3.8, 4) is 0 Å². The van der Waals surface area contributed by atoms with E-state index < -0.39 is 0 Å². The van der Waals surface area contributed by atoms with Crippen LogP contribution in [-0.4, -0.2) is 37.8 Å². The Bertz CT molecular complexity index is 430. The van der Waals surface area contributed by atoms with Crippen LogP contribution in [0.1, 0.15) is 42.7 Å². The van der Waals surface area contributed by atoms with E-state index in [4.69, 9.17) is 9.72 Å². The smallest absolute Gasteiger partial charge is 0.186 e. The quantitative estimate of drug-likeness (QED) is 0.899. The molecular formula is C14H23N3OS. The van der Waals surface area contributed by atoms with Gasteiger partial charge in [-0.05, 0) is 26.3 Å². The SMILES string of the molecule is CCC1CN(c2nc(C3CC3)c(CNC)s2)CCO1. The van der Waals surface area contributed by atoms with Crippen molar-refractivity contribution >= 4 is 16.5 Å². The van der Waals surface area contributed by atoms with E-state index in [9.17, 15) is 0 Å². The molecule has 0 radical (unpaired) electrons. The van der Waals surface area contributed by atoms with Gasteiger partial charge in [0, 0.05) is 30.4 Å². The van der Waals surface area contributed by atoms with E-state index in [1.807, 2.05) is 18.4 Å². The topological polar surface area (TPSA) is 37.4 Å². The van der Waals surface area contributed by atoms with Crippen molar-refractivity contribution in [2.24, 2.45) is 0 Å². The molecule has 2 heterocycles. The predicted molar refractivity (Wildman–Crippen MR) is 79.1 cm³/mol. The maximum absolute atomic E-state index is 5.75. The van der Waals surface area contributed by atoms with Gasteiger partial charge in [0.25, 0.3) is 0 Å². The zero-order valence-electron chi connectivity index (χ0n) is 11.8. The Morgan fingerprint density at radius 1 is 1.47 bits per heavy atom. The molecule has 106 valence electrons. The van der Waals surface area contributed by atoms with Gasteiger partial charge in [0.15, 0.2) is 5.13 Å². The highest BCUT2D eigenvalue weighted by atomic mass is 32.1. The van der Waals surface area contributed by atoms with Crippen LogP contribution in [0, 0.1) is 0 Å². The molecule has 0 amide bonds. The van der Waals surface area contributed by atoms with Gasteiger partial charge in [0.05, 0.1) is 18.4 Å². The summed E-state index contributed by atoms with van der Waals surface area (Å²) >= 11 is 1.87. The Labute approximate surface area is 119 Å². The fraction of sp³-hybridized carbons (Fsp3) is 0.786. The first-order valence-corrected chi connectivity index (χ1v) is 8.14. The first kappa shape index (κ1) is 13.3. The summed E-state index contributed by atoms with van der Waals surface area (Å²) in [7, 11) is 2.01. The second-order valence-electron chi connectivity index (χ2n) is 5.46. The van der Waals surface area contributed by atoms with Crippen molar-refractivity contribution in [1.82, 2.24) is 10.3 Å². The molecule has 4 nitrogen and oxygen atoms in total. The summed E-state index contributed by atoms with van der Waals surface area (Å²) in [6, 6.07) is 0. The Morgan fingerprint density at radius 3 is 3.00 bits per heavy atom. The molecule has 19 heavy (non-hydrogen) atoms. The summed E-state index contributed by atoms with van der Waals surface area (Å²) in [4.78, 5) is 8.77. The van der Waals surface area contributed by atoms with Crippen LogP contribution < -0.4 is 10.2 Å². The van der Waals surface area contributed by atoms with Crippen LogP contribution >= 0.6 is 11.3 Å². The molecule has 1 atom stereocenters. The van der Waals surface area contributed by atoms with Gasteiger partial charge in [-0.2, -0.15) is 0 Å². The summed E-state index contributed by atoms with van der Waals surface area (Å²) in [5.74, 6) is 0.733. The lowest BCUT2D eigenvalue weighted by molar-refractivity contribution is 0.0384. The van der Waals surface area contributed by atoms with Gasteiger partial charge in [-0.1, -0.05) is 6.92 Å². The molecule has 1 aromatic rings. The number of nitrogens with zero attached hydrogens (tertiary/aromatic N) is 2. The van der Waals surface area contributed by atoms with Crippen LogP contribution in [0.25, 0.3) is 0 Å². The Hall–Kier alpha value is -0.650. The molecule has 2 aliphatic rings. The zero-order chi connectivity index (χ0) is 13.2. The molecule has 3 rings (SSSR count). The summed E-state index contributed by atoms with van der Waals surface area (Å²) in [6.45, 7) is 5.95. The maximum Gasteiger partial charge on any atom is 0.186 e. The Kier molecular flexibility index (Phi) is 4.05. The van der Waals surface area contributed by atoms with Crippen molar-refractivity contribution in [3.63, 3.8) is 0 Å². The molecule has 2 fully saturated rings. The molecule has 1 saturated carbocycles. The average molecular weight is 281 g/mol. The number of nitrogens with one attached hydrogen (secondary N) is 1. The van der Waals surface area contributed by atoms with Crippen LogP contribution in [0.5, 0.6) is 0 Å². The van der Waals surface area contributed by atoms with Crippen LogP contribution in [0.15, 0.2) is 0 Å². The summed E-state index contributed by atoms with van der Waals surface area (Å²) in [5.41, 5.74) is 1.36. The minimum Gasteiger partial charge on any atom is -0.375 e. The second kappa shape index (κ2) is 5.77. The van der Waals surface area contributed by atoms with Gasteiger partial charge >= 0.3 is 0 Å². The van der Waals surface area contributed by atoms with Crippen molar-refractivity contribution in [1.29, 1.82) is 0 Å². The zero-order valence-corrected chi connectivity index (χ0v) is 12.6. The molecular weight excluding hydrogens is 258 g/mol. The number of ether oxygens (including phenoxy) is 1. The highest BCUT2D eigenvalue weighted by Gasteiger charge is 2.31. The summed E-state index contributed by atoms with van der Waals surface area (Å²) < 4.78 is 5.75. The largest absolute Gasteiger partial charge is 0.375 e. The molecule has 0 spiro atoms. The van der Waals surface area contributed by atoms with E-state index >= 15 is 0 Å². The first-order chi connectivity index (χ1) is 9.31. The number of morpholine rings is 1. The third-order valence-corrected chi connectivity index (χ3v) is 5.01. The predicted octanol–water partition coefficient (Wildman–Crippen LogP) is 2.36. The minimum absolute atomic E-state index is 0.370. The van der Waals surface area contributed by atoms with Crippen molar-refractivity contribution in [3.05, 3.63) is 10.6 Å². The lowest BCUT2D eigenvalue weighted by Crippen LogP contribution is -2.42. The molecule has 1 unspecified atom stereocenters. The third-order valence-electron chi connectivity index (χ3n) is 3.88. The second-order valence-corrected chi connectivity index (χ2v) is 6.52. The van der Waals surface area contributed by atoms with Crippen LogP contribution in [0.4, 0.5) is 5.13 Å². The number of hydrogen-bond donors (Lipinski definition) is 1. The number of rotatable bonds is 5. The van der Waals surface area contributed by atoms with E-state index in [-0.39, 0.29) is 0 Å². The van der Waals surface area contributed by atoms with Gasteiger partial charge in [-0.15, -0.1) is 11.3 Å². The molecule has 0 aromatic carbocycles. The number of aromatic nitrogens is 1. The highest BCUT2D eigenvalue weighted by molar-refractivity contribution is 7.15.